The third-order valence-electron chi connectivity index (χ3n) is 2.52. The standard InChI is InChI=1S/C12H11F5N2O2S/c1-3(2)9(11(20)19-12(18)21)22-10-7(16)5(14)4(13)6(15)8(10)17/h3,9H,1-2H3,(H3,18,19,20,21)/t9-/m0/s1. The predicted octanol–water partition coefficient (Wildman–Crippen LogP) is 2.69. The fourth-order valence-corrected chi connectivity index (χ4v) is 2.58. The van der Waals surface area contributed by atoms with Crippen molar-refractivity contribution in [3.63, 3.8) is 0 Å². The van der Waals surface area contributed by atoms with Gasteiger partial charge in [0, 0.05) is 0 Å². The fourth-order valence-electron chi connectivity index (χ4n) is 1.50. The maximum Gasteiger partial charge on any atom is 0.318 e. The molecule has 1 aromatic rings. The lowest BCUT2D eigenvalue weighted by Gasteiger charge is -2.19. The minimum atomic E-state index is -2.29. The molecule has 0 spiro atoms. The highest BCUT2D eigenvalue weighted by Gasteiger charge is 2.32. The molecule has 10 heteroatoms. The van der Waals surface area contributed by atoms with E-state index in [0.717, 1.165) is 0 Å². The average molecular weight is 342 g/mol. The van der Waals surface area contributed by atoms with Gasteiger partial charge in [-0.05, 0) is 5.92 Å². The second kappa shape index (κ2) is 6.95. The highest BCUT2D eigenvalue weighted by atomic mass is 32.2. The van der Waals surface area contributed by atoms with Crippen LogP contribution in [-0.4, -0.2) is 17.2 Å². The summed E-state index contributed by atoms with van der Waals surface area (Å²) >= 11 is 0.121. The molecule has 1 atom stereocenters. The van der Waals surface area contributed by atoms with E-state index in [1.54, 1.807) is 5.32 Å². The number of rotatable bonds is 4. The lowest BCUT2D eigenvalue weighted by atomic mass is 10.1. The lowest BCUT2D eigenvalue weighted by molar-refractivity contribution is -0.120. The normalized spacial score (nSPS) is 12.4. The van der Waals surface area contributed by atoms with Crippen LogP contribution in [0, 0.1) is 35.0 Å². The van der Waals surface area contributed by atoms with E-state index in [1.165, 1.54) is 13.8 Å². The van der Waals surface area contributed by atoms with Gasteiger partial charge in [0.25, 0.3) is 0 Å². The molecule has 22 heavy (non-hydrogen) atoms. The number of hydrogen-bond acceptors (Lipinski definition) is 3. The van der Waals surface area contributed by atoms with Crippen molar-refractivity contribution in [1.29, 1.82) is 0 Å². The zero-order valence-electron chi connectivity index (χ0n) is 11.3. The van der Waals surface area contributed by atoms with Crippen molar-refractivity contribution in [3.05, 3.63) is 29.1 Å². The number of carbonyl (C=O) groups is 2. The molecule has 0 aliphatic heterocycles. The van der Waals surface area contributed by atoms with Gasteiger partial charge in [-0.3, -0.25) is 10.1 Å². The summed E-state index contributed by atoms with van der Waals surface area (Å²) in [6.45, 7) is 2.93. The zero-order chi connectivity index (χ0) is 17.2. The number of benzene rings is 1. The number of carbonyl (C=O) groups excluding carboxylic acids is 2. The number of hydrogen-bond donors (Lipinski definition) is 2. The van der Waals surface area contributed by atoms with Gasteiger partial charge in [-0.1, -0.05) is 13.8 Å². The van der Waals surface area contributed by atoms with Gasteiger partial charge in [0.1, 0.15) is 0 Å². The molecule has 4 nitrogen and oxygen atoms in total. The van der Waals surface area contributed by atoms with Crippen molar-refractivity contribution in [1.82, 2.24) is 5.32 Å². The van der Waals surface area contributed by atoms with Crippen LogP contribution in [-0.2, 0) is 4.79 Å². The summed E-state index contributed by atoms with van der Waals surface area (Å²) in [5, 5.41) is 0.406. The van der Waals surface area contributed by atoms with Gasteiger partial charge in [-0.2, -0.15) is 0 Å². The van der Waals surface area contributed by atoms with E-state index >= 15 is 0 Å². The second-order valence-corrected chi connectivity index (χ2v) is 5.69. The molecular weight excluding hydrogens is 331 g/mol. The largest absolute Gasteiger partial charge is 0.351 e. The Morgan fingerprint density at radius 2 is 1.36 bits per heavy atom. The Labute approximate surface area is 126 Å². The summed E-state index contributed by atoms with van der Waals surface area (Å²) in [6, 6.07) is -1.20. The number of halogens is 5. The van der Waals surface area contributed by atoms with E-state index < -0.39 is 57.1 Å². The van der Waals surface area contributed by atoms with Gasteiger partial charge in [0.2, 0.25) is 11.7 Å². The first-order valence-corrected chi connectivity index (χ1v) is 6.74. The quantitative estimate of drug-likeness (QED) is 0.382. The molecular formula is C12H11F5N2O2S. The highest BCUT2D eigenvalue weighted by molar-refractivity contribution is 8.00. The number of primary amides is 1. The summed E-state index contributed by atoms with van der Waals surface area (Å²) in [4.78, 5) is 21.2. The van der Waals surface area contributed by atoms with Crippen LogP contribution in [0.4, 0.5) is 26.7 Å². The van der Waals surface area contributed by atoms with Crippen LogP contribution < -0.4 is 11.1 Å². The first-order valence-electron chi connectivity index (χ1n) is 5.86. The highest BCUT2D eigenvalue weighted by Crippen LogP contribution is 2.35. The molecule has 0 saturated heterocycles. The molecule has 0 heterocycles. The van der Waals surface area contributed by atoms with Crippen LogP contribution in [0.5, 0.6) is 0 Å². The van der Waals surface area contributed by atoms with E-state index in [9.17, 15) is 31.5 Å². The van der Waals surface area contributed by atoms with E-state index in [0.29, 0.717) is 0 Å². The van der Waals surface area contributed by atoms with Crippen LogP contribution in [0.25, 0.3) is 0 Å². The van der Waals surface area contributed by atoms with E-state index in [2.05, 4.69) is 0 Å². The molecule has 122 valence electrons. The minimum absolute atomic E-state index is 0.121. The maximum absolute atomic E-state index is 13.6. The first kappa shape index (κ1) is 18.2. The molecule has 0 saturated carbocycles. The Bertz CT molecular complexity index is 595. The van der Waals surface area contributed by atoms with Gasteiger partial charge >= 0.3 is 6.03 Å². The summed E-state index contributed by atoms with van der Waals surface area (Å²) in [6.07, 6.45) is 0. The van der Waals surface area contributed by atoms with Crippen molar-refractivity contribution in [3.8, 4) is 0 Å². The molecule has 0 fully saturated rings. The van der Waals surface area contributed by atoms with Crippen LogP contribution >= 0.6 is 11.8 Å². The maximum atomic E-state index is 13.6. The number of nitrogens with one attached hydrogen (secondary N) is 1. The SMILES string of the molecule is CC(C)[C@H](Sc1c(F)c(F)c(F)c(F)c1F)C(=O)NC(N)=O. The van der Waals surface area contributed by atoms with Crippen molar-refractivity contribution in [2.45, 2.75) is 24.0 Å². The van der Waals surface area contributed by atoms with Crippen molar-refractivity contribution in [2.24, 2.45) is 11.7 Å². The van der Waals surface area contributed by atoms with Crippen LogP contribution in [0.1, 0.15) is 13.8 Å². The Hall–Kier alpha value is -1.84. The fraction of sp³-hybridized carbons (Fsp3) is 0.333. The summed E-state index contributed by atoms with van der Waals surface area (Å²) in [5.74, 6) is -12.2. The topological polar surface area (TPSA) is 72.2 Å². The van der Waals surface area contributed by atoms with E-state index in [-0.39, 0.29) is 11.8 Å². The lowest BCUT2D eigenvalue weighted by Crippen LogP contribution is -2.42. The molecule has 0 unspecified atom stereocenters. The zero-order valence-corrected chi connectivity index (χ0v) is 12.2. The monoisotopic (exact) mass is 342 g/mol. The number of amides is 3. The van der Waals surface area contributed by atoms with Gasteiger partial charge in [0.15, 0.2) is 23.3 Å². The van der Waals surface area contributed by atoms with Crippen LogP contribution in [0.3, 0.4) is 0 Å². The Morgan fingerprint density at radius 3 is 1.73 bits per heavy atom. The summed E-state index contributed by atoms with van der Waals surface area (Å²) in [5.41, 5.74) is 4.75. The molecule has 1 rings (SSSR count). The summed E-state index contributed by atoms with van der Waals surface area (Å²) < 4.78 is 66.4. The number of thioether (sulfide) groups is 1. The Morgan fingerprint density at radius 1 is 0.955 bits per heavy atom. The third kappa shape index (κ3) is 3.67. The van der Waals surface area contributed by atoms with Gasteiger partial charge < -0.3 is 5.73 Å². The third-order valence-corrected chi connectivity index (χ3v) is 4.13. The second-order valence-electron chi connectivity index (χ2n) is 4.54. The molecule has 3 N–H and O–H groups in total. The molecule has 0 radical (unpaired) electrons. The molecule has 0 aliphatic carbocycles. The predicted molar refractivity (Wildman–Crippen MR) is 68.4 cm³/mol. The molecule has 3 amide bonds. The van der Waals surface area contributed by atoms with Crippen LogP contribution in [0.2, 0.25) is 0 Å². The molecule has 1 aromatic carbocycles. The Kier molecular flexibility index (Phi) is 5.75. The van der Waals surface area contributed by atoms with Crippen molar-refractivity contribution < 1.29 is 31.5 Å². The van der Waals surface area contributed by atoms with E-state index in [4.69, 9.17) is 5.73 Å². The average Bonchev–Trinajstić information content (AvgIpc) is 2.41. The van der Waals surface area contributed by atoms with Gasteiger partial charge in [-0.25, -0.2) is 26.7 Å². The Balaban J connectivity index is 3.26. The molecule has 0 aromatic heterocycles. The van der Waals surface area contributed by atoms with Gasteiger partial charge in [0.05, 0.1) is 10.1 Å². The minimum Gasteiger partial charge on any atom is -0.351 e. The van der Waals surface area contributed by atoms with E-state index in [1.807, 2.05) is 0 Å². The smallest absolute Gasteiger partial charge is 0.318 e. The van der Waals surface area contributed by atoms with Crippen molar-refractivity contribution in [2.75, 3.05) is 0 Å². The number of nitrogens with two attached hydrogens (primary N) is 1. The molecule has 0 aliphatic rings. The molecule has 0 bridgehead atoms. The number of imide groups is 1. The summed E-state index contributed by atoms with van der Waals surface area (Å²) in [7, 11) is 0. The van der Waals surface area contributed by atoms with Crippen molar-refractivity contribution >= 4 is 23.7 Å². The van der Waals surface area contributed by atoms with Crippen LogP contribution in [0.15, 0.2) is 4.90 Å². The van der Waals surface area contributed by atoms with Gasteiger partial charge in [-0.15, -0.1) is 11.8 Å². The number of urea groups is 1. The first-order chi connectivity index (χ1) is 10.1.